The summed E-state index contributed by atoms with van der Waals surface area (Å²) in [4.78, 5) is 4.22. The highest BCUT2D eigenvalue weighted by atomic mass is 35.5. The van der Waals surface area contributed by atoms with Crippen LogP contribution in [-0.2, 0) is 0 Å². The number of aromatic nitrogens is 1. The molecule has 0 unspecified atom stereocenters. The van der Waals surface area contributed by atoms with Crippen LogP contribution in [0, 0.1) is 6.92 Å². The Labute approximate surface area is 129 Å². The van der Waals surface area contributed by atoms with E-state index in [1.54, 1.807) is 18.2 Å². The maximum absolute atomic E-state index is 5.88. The van der Waals surface area contributed by atoms with E-state index in [0.29, 0.717) is 16.4 Å². The van der Waals surface area contributed by atoms with Crippen LogP contribution in [0.4, 0.5) is 0 Å². The lowest BCUT2D eigenvalue weighted by Gasteiger charge is -1.99. The Hall–Kier alpha value is -2.00. The van der Waals surface area contributed by atoms with E-state index in [-0.39, 0.29) is 6.08 Å². The molecular formula is C17H18ClNO2. The molecule has 21 heavy (non-hydrogen) atoms. The molecule has 0 N–H and O–H groups in total. The van der Waals surface area contributed by atoms with E-state index in [1.807, 2.05) is 31.2 Å². The van der Waals surface area contributed by atoms with Crippen molar-refractivity contribution in [2.45, 2.75) is 27.2 Å². The molecule has 0 aliphatic rings. The minimum absolute atomic E-state index is 0.219. The third kappa shape index (κ3) is 4.23. The second-order valence-electron chi connectivity index (χ2n) is 4.71. The van der Waals surface area contributed by atoms with Crippen molar-refractivity contribution in [3.05, 3.63) is 53.1 Å². The Kier molecular flexibility index (Phi) is 5.23. The summed E-state index contributed by atoms with van der Waals surface area (Å²) in [5, 5.41) is 0.612. The minimum Gasteiger partial charge on any atom is -0.411 e. The second kappa shape index (κ2) is 7.14. The summed E-state index contributed by atoms with van der Waals surface area (Å²) in [6, 6.07) is 13.0. The topological polar surface area (TPSA) is 35.3 Å². The van der Waals surface area contributed by atoms with Gasteiger partial charge >= 0.3 is 6.08 Å². The van der Waals surface area contributed by atoms with Crippen molar-refractivity contribution in [2.75, 3.05) is 0 Å². The molecule has 0 radical (unpaired) electrons. The van der Waals surface area contributed by atoms with Gasteiger partial charge in [-0.15, -0.1) is 0 Å². The van der Waals surface area contributed by atoms with Gasteiger partial charge in [0.05, 0.1) is 0 Å². The zero-order valence-corrected chi connectivity index (χ0v) is 13.1. The van der Waals surface area contributed by atoms with Crippen LogP contribution < -0.4 is 4.74 Å². The first-order chi connectivity index (χ1) is 10.1. The van der Waals surface area contributed by atoms with E-state index in [4.69, 9.17) is 20.8 Å². The smallest absolute Gasteiger partial charge is 0.400 e. The monoisotopic (exact) mass is 303 g/mol. The lowest BCUT2D eigenvalue weighted by Crippen LogP contribution is -1.83. The van der Waals surface area contributed by atoms with Crippen molar-refractivity contribution in [1.29, 1.82) is 0 Å². The molecule has 110 valence electrons. The summed E-state index contributed by atoms with van der Waals surface area (Å²) in [7, 11) is 0. The van der Waals surface area contributed by atoms with Crippen molar-refractivity contribution >= 4 is 22.7 Å². The first-order valence-electron chi connectivity index (χ1n) is 6.93. The number of hydrogen-bond acceptors (Lipinski definition) is 3. The lowest BCUT2D eigenvalue weighted by atomic mass is 10.2. The quantitative estimate of drug-likeness (QED) is 0.582. The molecule has 3 aromatic rings. The van der Waals surface area contributed by atoms with Crippen LogP contribution in [0.3, 0.4) is 0 Å². The SMILES string of the molecule is CCC.Cc1ccc(Oc2nc3ccc(Cl)cc3o2)cc1. The fourth-order valence-electron chi connectivity index (χ4n) is 1.63. The highest BCUT2D eigenvalue weighted by Gasteiger charge is 2.08. The van der Waals surface area contributed by atoms with Gasteiger partial charge in [0.1, 0.15) is 11.3 Å². The Morgan fingerprint density at radius 2 is 1.76 bits per heavy atom. The van der Waals surface area contributed by atoms with E-state index < -0.39 is 0 Å². The van der Waals surface area contributed by atoms with Gasteiger partial charge in [-0.3, -0.25) is 0 Å². The predicted octanol–water partition coefficient (Wildman–Crippen LogP) is 6.00. The highest BCUT2D eigenvalue weighted by molar-refractivity contribution is 6.31. The molecule has 1 heterocycles. The predicted molar refractivity (Wildman–Crippen MR) is 86.2 cm³/mol. The van der Waals surface area contributed by atoms with Gasteiger partial charge in [-0.25, -0.2) is 0 Å². The van der Waals surface area contributed by atoms with Gasteiger partial charge in [0, 0.05) is 11.1 Å². The van der Waals surface area contributed by atoms with Gasteiger partial charge in [-0.2, -0.15) is 4.98 Å². The molecular weight excluding hydrogens is 286 g/mol. The average molecular weight is 304 g/mol. The Morgan fingerprint density at radius 3 is 2.43 bits per heavy atom. The molecule has 0 aliphatic carbocycles. The maximum atomic E-state index is 5.88. The normalized spacial score (nSPS) is 10.1. The number of aryl methyl sites for hydroxylation is 1. The van der Waals surface area contributed by atoms with E-state index in [2.05, 4.69) is 18.8 Å². The number of ether oxygens (including phenoxy) is 1. The number of fused-ring (bicyclic) bond motifs is 1. The Bertz CT molecular complexity index is 704. The molecule has 0 saturated carbocycles. The fourth-order valence-corrected chi connectivity index (χ4v) is 1.79. The highest BCUT2D eigenvalue weighted by Crippen LogP contribution is 2.27. The van der Waals surface area contributed by atoms with Crippen LogP contribution in [0.5, 0.6) is 11.8 Å². The summed E-state index contributed by atoms with van der Waals surface area (Å²) >= 11 is 5.88. The molecule has 0 atom stereocenters. The molecule has 4 heteroatoms. The van der Waals surface area contributed by atoms with Crippen LogP contribution in [0.1, 0.15) is 25.8 Å². The summed E-state index contributed by atoms with van der Waals surface area (Å²) in [6.07, 6.45) is 1.47. The van der Waals surface area contributed by atoms with Crippen molar-refractivity contribution in [1.82, 2.24) is 4.98 Å². The van der Waals surface area contributed by atoms with Gasteiger partial charge in [0.2, 0.25) is 0 Å². The number of nitrogens with zero attached hydrogens (tertiary/aromatic N) is 1. The third-order valence-electron chi connectivity index (χ3n) is 2.56. The van der Waals surface area contributed by atoms with E-state index >= 15 is 0 Å². The van der Waals surface area contributed by atoms with Gasteiger partial charge in [-0.05, 0) is 31.2 Å². The molecule has 1 aromatic heterocycles. The molecule has 2 aromatic carbocycles. The Balaban J connectivity index is 0.000000497. The third-order valence-corrected chi connectivity index (χ3v) is 2.79. The van der Waals surface area contributed by atoms with Gasteiger partial charge in [0.15, 0.2) is 5.58 Å². The average Bonchev–Trinajstić information content (AvgIpc) is 2.83. The minimum atomic E-state index is 0.219. The second-order valence-corrected chi connectivity index (χ2v) is 5.15. The van der Waals surface area contributed by atoms with E-state index in [9.17, 15) is 0 Å². The number of rotatable bonds is 2. The summed E-state index contributed by atoms with van der Waals surface area (Å²) in [5.74, 6) is 0.693. The molecule has 0 saturated heterocycles. The molecule has 0 fully saturated rings. The van der Waals surface area contributed by atoms with E-state index in [0.717, 1.165) is 5.52 Å². The van der Waals surface area contributed by atoms with Gasteiger partial charge < -0.3 is 9.15 Å². The molecule has 0 aliphatic heterocycles. The maximum Gasteiger partial charge on any atom is 0.400 e. The zero-order valence-electron chi connectivity index (χ0n) is 12.4. The fraction of sp³-hybridized carbons (Fsp3) is 0.235. The largest absolute Gasteiger partial charge is 0.411 e. The standard InChI is InChI=1S/C14H10ClNO2.C3H8/c1-9-2-5-11(6-3-9)17-14-16-12-7-4-10(15)8-13(12)18-14;1-3-2/h2-8H,1H3;3H2,1-2H3. The van der Waals surface area contributed by atoms with Crippen molar-refractivity contribution in [3.8, 4) is 11.8 Å². The number of halogens is 1. The molecule has 0 bridgehead atoms. The summed E-state index contributed by atoms with van der Waals surface area (Å²) in [6.45, 7) is 6.27. The molecule has 0 amide bonds. The van der Waals surface area contributed by atoms with E-state index in [1.165, 1.54) is 12.0 Å². The number of hydrogen-bond donors (Lipinski definition) is 0. The van der Waals surface area contributed by atoms with Crippen LogP contribution in [0.2, 0.25) is 5.02 Å². The van der Waals surface area contributed by atoms with Crippen molar-refractivity contribution in [3.63, 3.8) is 0 Å². The molecule has 0 spiro atoms. The van der Waals surface area contributed by atoms with Crippen LogP contribution in [-0.4, -0.2) is 4.98 Å². The number of oxazole rings is 1. The first-order valence-corrected chi connectivity index (χ1v) is 7.30. The Morgan fingerprint density at radius 1 is 1.10 bits per heavy atom. The summed E-state index contributed by atoms with van der Waals surface area (Å²) < 4.78 is 11.0. The van der Waals surface area contributed by atoms with Crippen LogP contribution in [0.25, 0.3) is 11.1 Å². The molecule has 3 nitrogen and oxygen atoms in total. The number of benzene rings is 2. The lowest BCUT2D eigenvalue weighted by molar-refractivity contribution is 0.343. The van der Waals surface area contributed by atoms with Crippen molar-refractivity contribution < 1.29 is 9.15 Å². The van der Waals surface area contributed by atoms with Crippen LogP contribution >= 0.6 is 11.6 Å². The van der Waals surface area contributed by atoms with Crippen molar-refractivity contribution in [2.24, 2.45) is 0 Å². The van der Waals surface area contributed by atoms with Gasteiger partial charge in [0.25, 0.3) is 0 Å². The zero-order chi connectivity index (χ0) is 15.2. The molecule has 3 rings (SSSR count). The van der Waals surface area contributed by atoms with Gasteiger partial charge in [-0.1, -0.05) is 49.6 Å². The van der Waals surface area contributed by atoms with Crippen LogP contribution in [0.15, 0.2) is 46.9 Å². The summed E-state index contributed by atoms with van der Waals surface area (Å²) in [5.41, 5.74) is 2.51. The first kappa shape index (κ1) is 15.4.